The molecule has 0 spiro atoms. The molecule has 2 amide bonds. The number of nitrogens with zero attached hydrogens (tertiary/aromatic N) is 3. The van der Waals surface area contributed by atoms with Gasteiger partial charge in [-0.05, 0) is 73.1 Å². The fourth-order valence-electron chi connectivity index (χ4n) is 4.55. The van der Waals surface area contributed by atoms with Gasteiger partial charge in [0, 0.05) is 29.8 Å². The summed E-state index contributed by atoms with van der Waals surface area (Å²) in [6, 6.07) is 17.9. The van der Waals surface area contributed by atoms with E-state index < -0.39 is 0 Å². The van der Waals surface area contributed by atoms with Gasteiger partial charge in [0.05, 0.1) is 11.6 Å². The Morgan fingerprint density at radius 3 is 2.46 bits per heavy atom. The van der Waals surface area contributed by atoms with Crippen LogP contribution in [0.3, 0.4) is 0 Å². The standard InChI is InChI=1S/C23H24ClN3O/c1-23(18-3-2-4-19(24)15-18)11-9-21(10-12-23)27-14-13-26(22(27)28)20-7-5-17(16-25)6-8-20/h2-8,15,21H,9-14H2,1H3. The van der Waals surface area contributed by atoms with Crippen molar-refractivity contribution in [2.24, 2.45) is 0 Å². The smallest absolute Gasteiger partial charge is 0.320 e. The summed E-state index contributed by atoms with van der Waals surface area (Å²) in [6.45, 7) is 3.77. The second-order valence-corrected chi connectivity index (χ2v) is 8.52. The molecule has 1 saturated carbocycles. The Labute approximate surface area is 171 Å². The molecule has 0 N–H and O–H groups in total. The summed E-state index contributed by atoms with van der Waals surface area (Å²) >= 11 is 6.19. The number of hydrogen-bond donors (Lipinski definition) is 0. The lowest BCUT2D eigenvalue weighted by Gasteiger charge is -2.41. The molecule has 2 aromatic rings. The van der Waals surface area contributed by atoms with E-state index in [0.29, 0.717) is 18.2 Å². The third kappa shape index (κ3) is 3.47. The van der Waals surface area contributed by atoms with Gasteiger partial charge in [-0.3, -0.25) is 4.90 Å². The number of anilines is 1. The maximum atomic E-state index is 13.0. The van der Waals surface area contributed by atoms with Crippen LogP contribution in [-0.2, 0) is 5.41 Å². The van der Waals surface area contributed by atoms with Gasteiger partial charge in [0.15, 0.2) is 0 Å². The topological polar surface area (TPSA) is 47.3 Å². The molecule has 2 aromatic carbocycles. The zero-order valence-electron chi connectivity index (χ0n) is 16.1. The van der Waals surface area contributed by atoms with Crippen molar-refractivity contribution in [3.63, 3.8) is 0 Å². The van der Waals surface area contributed by atoms with Crippen molar-refractivity contribution < 1.29 is 4.79 Å². The Balaban J connectivity index is 1.42. The van der Waals surface area contributed by atoms with E-state index in [-0.39, 0.29) is 11.4 Å². The third-order valence-corrected chi connectivity index (χ3v) is 6.61. The monoisotopic (exact) mass is 393 g/mol. The van der Waals surface area contributed by atoms with E-state index in [1.54, 1.807) is 12.1 Å². The molecular weight excluding hydrogens is 370 g/mol. The van der Waals surface area contributed by atoms with Gasteiger partial charge >= 0.3 is 6.03 Å². The molecule has 2 aliphatic rings. The average Bonchev–Trinajstić information content (AvgIpc) is 3.10. The highest BCUT2D eigenvalue weighted by Crippen LogP contribution is 2.41. The van der Waals surface area contributed by atoms with Gasteiger partial charge in [-0.25, -0.2) is 4.79 Å². The molecule has 28 heavy (non-hydrogen) atoms. The predicted molar refractivity (Wildman–Crippen MR) is 112 cm³/mol. The molecule has 1 heterocycles. The Hall–Kier alpha value is -2.51. The third-order valence-electron chi connectivity index (χ3n) is 6.37. The van der Waals surface area contributed by atoms with Gasteiger partial charge in [-0.1, -0.05) is 30.7 Å². The van der Waals surface area contributed by atoms with Crippen molar-refractivity contribution >= 4 is 23.3 Å². The minimum atomic E-state index is 0.0843. The van der Waals surface area contributed by atoms with Crippen molar-refractivity contribution in [3.8, 4) is 6.07 Å². The Morgan fingerprint density at radius 2 is 1.82 bits per heavy atom. The average molecular weight is 394 g/mol. The second-order valence-electron chi connectivity index (χ2n) is 8.09. The minimum absolute atomic E-state index is 0.0843. The minimum Gasteiger partial charge on any atom is -0.320 e. The SMILES string of the molecule is CC1(c2cccc(Cl)c2)CCC(N2CCN(c3ccc(C#N)cc3)C2=O)CC1. The van der Waals surface area contributed by atoms with E-state index in [1.165, 1.54) is 5.56 Å². The second kappa shape index (κ2) is 7.48. The lowest BCUT2D eigenvalue weighted by Crippen LogP contribution is -2.43. The first-order valence-corrected chi connectivity index (χ1v) is 10.2. The molecule has 1 saturated heterocycles. The summed E-state index contributed by atoms with van der Waals surface area (Å²) < 4.78 is 0. The summed E-state index contributed by atoms with van der Waals surface area (Å²) in [5, 5.41) is 9.74. The number of benzene rings is 2. The molecule has 0 radical (unpaired) electrons. The quantitative estimate of drug-likeness (QED) is 0.705. The van der Waals surface area contributed by atoms with Crippen LogP contribution in [0.1, 0.15) is 43.7 Å². The number of urea groups is 1. The van der Waals surface area contributed by atoms with Crippen LogP contribution < -0.4 is 4.90 Å². The molecule has 144 valence electrons. The number of hydrogen-bond acceptors (Lipinski definition) is 2. The van der Waals surface area contributed by atoms with Gasteiger partial charge in [-0.2, -0.15) is 5.26 Å². The molecule has 0 unspecified atom stereocenters. The first-order valence-electron chi connectivity index (χ1n) is 9.84. The molecule has 1 aliphatic heterocycles. The number of halogens is 1. The van der Waals surface area contributed by atoms with E-state index in [1.807, 2.05) is 34.1 Å². The number of carbonyl (C=O) groups is 1. The maximum Gasteiger partial charge on any atom is 0.324 e. The molecule has 4 rings (SSSR count). The van der Waals surface area contributed by atoms with Gasteiger partial charge in [0.2, 0.25) is 0 Å². The van der Waals surface area contributed by atoms with Gasteiger partial charge in [-0.15, -0.1) is 0 Å². The highest BCUT2D eigenvalue weighted by Gasteiger charge is 2.39. The van der Waals surface area contributed by atoms with Crippen LogP contribution in [0.4, 0.5) is 10.5 Å². The van der Waals surface area contributed by atoms with Gasteiger partial charge in [0.25, 0.3) is 0 Å². The number of nitriles is 1. The highest BCUT2D eigenvalue weighted by molar-refractivity contribution is 6.30. The van der Waals surface area contributed by atoms with Crippen LogP contribution in [0, 0.1) is 11.3 Å². The Bertz CT molecular complexity index is 910. The Morgan fingerprint density at radius 1 is 1.11 bits per heavy atom. The lowest BCUT2D eigenvalue weighted by atomic mass is 9.69. The number of carbonyl (C=O) groups excluding carboxylic acids is 1. The zero-order valence-corrected chi connectivity index (χ0v) is 16.8. The molecule has 0 aromatic heterocycles. The summed E-state index contributed by atoms with van der Waals surface area (Å²) in [5.74, 6) is 0. The van der Waals surface area contributed by atoms with Gasteiger partial charge in [0.1, 0.15) is 0 Å². The fraction of sp³-hybridized carbons (Fsp3) is 0.391. The van der Waals surface area contributed by atoms with Crippen molar-refractivity contribution in [1.82, 2.24) is 4.90 Å². The fourth-order valence-corrected chi connectivity index (χ4v) is 4.74. The van der Waals surface area contributed by atoms with Crippen LogP contribution in [0.5, 0.6) is 0 Å². The summed E-state index contributed by atoms with van der Waals surface area (Å²) in [6.07, 6.45) is 4.13. The summed E-state index contributed by atoms with van der Waals surface area (Å²) in [7, 11) is 0. The van der Waals surface area contributed by atoms with Gasteiger partial charge < -0.3 is 4.90 Å². The van der Waals surface area contributed by atoms with Crippen molar-refractivity contribution in [1.29, 1.82) is 5.26 Å². The molecule has 4 nitrogen and oxygen atoms in total. The van der Waals surface area contributed by atoms with E-state index in [0.717, 1.165) is 42.9 Å². The van der Waals surface area contributed by atoms with E-state index >= 15 is 0 Å². The lowest BCUT2D eigenvalue weighted by molar-refractivity contribution is 0.159. The first-order chi connectivity index (χ1) is 13.5. The number of amides is 2. The molecule has 1 aliphatic carbocycles. The Kier molecular flexibility index (Phi) is 5.03. The molecule has 0 atom stereocenters. The molecule has 5 heteroatoms. The zero-order chi connectivity index (χ0) is 19.7. The van der Waals surface area contributed by atoms with Crippen molar-refractivity contribution in [2.45, 2.75) is 44.1 Å². The van der Waals surface area contributed by atoms with Crippen molar-refractivity contribution in [2.75, 3.05) is 18.0 Å². The molecular formula is C23H24ClN3O. The van der Waals surface area contributed by atoms with Crippen LogP contribution in [0.15, 0.2) is 48.5 Å². The predicted octanol–water partition coefficient (Wildman–Crippen LogP) is 5.35. The van der Waals surface area contributed by atoms with Crippen LogP contribution in [-0.4, -0.2) is 30.1 Å². The summed E-state index contributed by atoms with van der Waals surface area (Å²) in [5.41, 5.74) is 2.90. The van der Waals surface area contributed by atoms with E-state index in [2.05, 4.69) is 25.1 Å². The van der Waals surface area contributed by atoms with E-state index in [9.17, 15) is 4.79 Å². The largest absolute Gasteiger partial charge is 0.324 e. The molecule has 2 fully saturated rings. The number of rotatable bonds is 3. The first kappa shape index (κ1) is 18.8. The van der Waals surface area contributed by atoms with Crippen LogP contribution in [0.25, 0.3) is 0 Å². The maximum absolute atomic E-state index is 13.0. The van der Waals surface area contributed by atoms with Crippen LogP contribution >= 0.6 is 11.6 Å². The highest BCUT2D eigenvalue weighted by atomic mass is 35.5. The van der Waals surface area contributed by atoms with Crippen LogP contribution in [0.2, 0.25) is 5.02 Å². The summed E-state index contributed by atoms with van der Waals surface area (Å²) in [4.78, 5) is 16.9. The normalized spacial score (nSPS) is 25.0. The molecule has 0 bridgehead atoms. The van der Waals surface area contributed by atoms with E-state index in [4.69, 9.17) is 16.9 Å². The van der Waals surface area contributed by atoms with Crippen molar-refractivity contribution in [3.05, 3.63) is 64.7 Å².